The average molecular weight is 422 g/mol. The Morgan fingerprint density at radius 3 is 2.65 bits per heavy atom. The number of benzene rings is 2. The highest BCUT2D eigenvalue weighted by atomic mass is 79.9. The summed E-state index contributed by atoms with van der Waals surface area (Å²) in [6.45, 7) is 5.62. The molecule has 2 rings (SSSR count). The minimum atomic E-state index is -0.250. The van der Waals surface area contributed by atoms with E-state index in [1.165, 1.54) is 0 Å². The Kier molecular flexibility index (Phi) is 7.94. The van der Waals surface area contributed by atoms with E-state index in [0.717, 1.165) is 10.2 Å². The number of halogens is 1. The normalized spacial score (nSPS) is 10.7. The first kappa shape index (κ1) is 20.3. The number of methoxy groups -OCH3 is 1. The average Bonchev–Trinajstić information content (AvgIpc) is 2.61. The molecule has 2 aromatic rings. The van der Waals surface area contributed by atoms with Crippen molar-refractivity contribution in [1.29, 1.82) is 0 Å². The van der Waals surface area contributed by atoms with Gasteiger partial charge in [-0.15, -0.1) is 0 Å². The number of rotatable bonds is 9. The van der Waals surface area contributed by atoms with E-state index in [4.69, 9.17) is 14.2 Å². The lowest BCUT2D eigenvalue weighted by Gasteiger charge is -2.13. The molecule has 26 heavy (non-hydrogen) atoms. The number of ether oxygens (including phenoxy) is 3. The predicted molar refractivity (Wildman–Crippen MR) is 106 cm³/mol. The van der Waals surface area contributed by atoms with Crippen LogP contribution in [0.15, 0.2) is 46.9 Å². The van der Waals surface area contributed by atoms with Gasteiger partial charge in [0.05, 0.1) is 18.8 Å². The van der Waals surface area contributed by atoms with Crippen LogP contribution in [0.1, 0.15) is 24.2 Å². The standard InChI is InChI=1S/C20H24BrNO4/c1-14(2)13-26-17-6-4-5-16(12-17)22-20(23)18-11-15(21)7-8-19(18)25-10-9-24-3/h4-8,11-12,14H,9-10,13H2,1-3H3,(H,22,23). The highest BCUT2D eigenvalue weighted by Crippen LogP contribution is 2.25. The van der Waals surface area contributed by atoms with Crippen molar-refractivity contribution in [3.8, 4) is 11.5 Å². The van der Waals surface area contributed by atoms with E-state index in [1.54, 1.807) is 19.2 Å². The molecule has 5 nitrogen and oxygen atoms in total. The summed E-state index contributed by atoms with van der Waals surface area (Å²) in [6.07, 6.45) is 0. The van der Waals surface area contributed by atoms with Crippen LogP contribution >= 0.6 is 15.9 Å². The molecule has 0 unspecified atom stereocenters. The van der Waals surface area contributed by atoms with Crippen LogP contribution in [0, 0.1) is 5.92 Å². The Bertz CT molecular complexity index is 734. The molecule has 0 aliphatic carbocycles. The molecule has 1 amide bonds. The number of carbonyl (C=O) groups excluding carboxylic acids is 1. The number of anilines is 1. The lowest BCUT2D eigenvalue weighted by Crippen LogP contribution is -2.15. The van der Waals surface area contributed by atoms with Crippen molar-refractivity contribution in [2.24, 2.45) is 5.92 Å². The number of carbonyl (C=O) groups is 1. The summed E-state index contributed by atoms with van der Waals surface area (Å²) in [7, 11) is 1.60. The highest BCUT2D eigenvalue weighted by molar-refractivity contribution is 9.10. The first-order chi connectivity index (χ1) is 12.5. The molecule has 0 radical (unpaired) electrons. The monoisotopic (exact) mass is 421 g/mol. The van der Waals surface area contributed by atoms with E-state index in [9.17, 15) is 4.79 Å². The fourth-order valence-electron chi connectivity index (χ4n) is 2.17. The molecule has 1 N–H and O–H groups in total. The number of hydrogen-bond acceptors (Lipinski definition) is 4. The molecule has 0 saturated heterocycles. The van der Waals surface area contributed by atoms with Gasteiger partial charge in [0.2, 0.25) is 0 Å². The second-order valence-corrected chi connectivity index (χ2v) is 7.08. The van der Waals surface area contributed by atoms with Gasteiger partial charge >= 0.3 is 0 Å². The second kappa shape index (κ2) is 10.2. The van der Waals surface area contributed by atoms with Crippen LogP contribution in [0.25, 0.3) is 0 Å². The molecule has 2 aromatic carbocycles. The second-order valence-electron chi connectivity index (χ2n) is 6.17. The quantitative estimate of drug-likeness (QED) is 0.592. The molecule has 0 aliphatic rings. The zero-order valence-corrected chi connectivity index (χ0v) is 16.8. The van der Waals surface area contributed by atoms with E-state index < -0.39 is 0 Å². The molecular weight excluding hydrogens is 398 g/mol. The molecule has 0 atom stereocenters. The molecule has 0 aliphatic heterocycles. The first-order valence-electron chi connectivity index (χ1n) is 8.45. The summed E-state index contributed by atoms with van der Waals surface area (Å²) >= 11 is 3.40. The van der Waals surface area contributed by atoms with E-state index in [1.807, 2.05) is 30.3 Å². The Morgan fingerprint density at radius 2 is 1.92 bits per heavy atom. The number of nitrogens with one attached hydrogen (secondary N) is 1. The molecule has 0 heterocycles. The summed E-state index contributed by atoms with van der Waals surface area (Å²) in [4.78, 5) is 12.7. The maximum absolute atomic E-state index is 12.7. The number of hydrogen-bond donors (Lipinski definition) is 1. The Labute approximate surface area is 162 Å². The van der Waals surface area contributed by atoms with Gasteiger partial charge in [-0.1, -0.05) is 35.8 Å². The molecule has 140 valence electrons. The third-order valence-corrected chi connectivity index (χ3v) is 3.90. The van der Waals surface area contributed by atoms with Crippen LogP contribution in [-0.4, -0.2) is 32.8 Å². The van der Waals surface area contributed by atoms with Gasteiger partial charge in [-0.25, -0.2) is 0 Å². The van der Waals surface area contributed by atoms with Crippen LogP contribution in [0.3, 0.4) is 0 Å². The van der Waals surface area contributed by atoms with Gasteiger partial charge in [-0.3, -0.25) is 4.79 Å². The van der Waals surface area contributed by atoms with E-state index in [2.05, 4.69) is 35.1 Å². The van der Waals surface area contributed by atoms with Crippen molar-refractivity contribution >= 4 is 27.5 Å². The van der Waals surface area contributed by atoms with Crippen LogP contribution < -0.4 is 14.8 Å². The van der Waals surface area contributed by atoms with Gasteiger partial charge in [0.15, 0.2) is 0 Å². The molecule has 0 spiro atoms. The minimum Gasteiger partial charge on any atom is -0.493 e. The fraction of sp³-hybridized carbons (Fsp3) is 0.350. The summed E-state index contributed by atoms with van der Waals surface area (Å²) < 4.78 is 17.1. The molecule has 0 fully saturated rings. The Balaban J connectivity index is 2.11. The van der Waals surface area contributed by atoms with Crippen molar-refractivity contribution < 1.29 is 19.0 Å². The molecule has 0 saturated carbocycles. The fourth-order valence-corrected chi connectivity index (χ4v) is 2.53. The predicted octanol–water partition coefficient (Wildman–Crippen LogP) is 4.76. The topological polar surface area (TPSA) is 56.8 Å². The van der Waals surface area contributed by atoms with E-state index in [0.29, 0.717) is 42.7 Å². The van der Waals surface area contributed by atoms with Crippen molar-refractivity contribution in [3.05, 3.63) is 52.5 Å². The van der Waals surface area contributed by atoms with Gasteiger partial charge < -0.3 is 19.5 Å². The van der Waals surface area contributed by atoms with Crippen molar-refractivity contribution in [2.75, 3.05) is 32.2 Å². The SMILES string of the molecule is COCCOc1ccc(Br)cc1C(=O)Nc1cccc(OCC(C)C)c1. The Morgan fingerprint density at radius 1 is 1.12 bits per heavy atom. The smallest absolute Gasteiger partial charge is 0.259 e. The largest absolute Gasteiger partial charge is 0.493 e. The van der Waals surface area contributed by atoms with Gasteiger partial charge in [0.25, 0.3) is 5.91 Å². The maximum Gasteiger partial charge on any atom is 0.259 e. The third kappa shape index (κ3) is 6.35. The molecule has 6 heteroatoms. The molecule has 0 bridgehead atoms. The zero-order valence-electron chi connectivity index (χ0n) is 15.3. The summed E-state index contributed by atoms with van der Waals surface area (Å²) in [5, 5.41) is 2.89. The van der Waals surface area contributed by atoms with Gasteiger partial charge in [-0.05, 0) is 36.2 Å². The third-order valence-electron chi connectivity index (χ3n) is 3.41. The minimum absolute atomic E-state index is 0.250. The van der Waals surface area contributed by atoms with Crippen LogP contribution in [0.2, 0.25) is 0 Å². The lowest BCUT2D eigenvalue weighted by molar-refractivity contribution is 0.101. The Hall–Kier alpha value is -2.05. The maximum atomic E-state index is 12.7. The number of amides is 1. The molecular formula is C20H24BrNO4. The lowest BCUT2D eigenvalue weighted by atomic mass is 10.2. The van der Waals surface area contributed by atoms with Gasteiger partial charge in [-0.2, -0.15) is 0 Å². The van der Waals surface area contributed by atoms with Crippen LogP contribution in [-0.2, 0) is 4.74 Å². The van der Waals surface area contributed by atoms with Crippen molar-refractivity contribution in [2.45, 2.75) is 13.8 Å². The first-order valence-corrected chi connectivity index (χ1v) is 9.24. The van der Waals surface area contributed by atoms with Crippen molar-refractivity contribution in [3.63, 3.8) is 0 Å². The van der Waals surface area contributed by atoms with Crippen molar-refractivity contribution in [1.82, 2.24) is 0 Å². The summed E-state index contributed by atoms with van der Waals surface area (Å²) in [5.74, 6) is 1.42. The van der Waals surface area contributed by atoms with E-state index >= 15 is 0 Å². The highest BCUT2D eigenvalue weighted by Gasteiger charge is 2.14. The van der Waals surface area contributed by atoms with Gasteiger partial charge in [0, 0.05) is 23.3 Å². The van der Waals surface area contributed by atoms with Crippen LogP contribution in [0.4, 0.5) is 5.69 Å². The zero-order chi connectivity index (χ0) is 18.9. The van der Waals surface area contributed by atoms with E-state index in [-0.39, 0.29) is 5.91 Å². The molecule has 0 aromatic heterocycles. The van der Waals surface area contributed by atoms with Crippen LogP contribution in [0.5, 0.6) is 11.5 Å². The summed E-state index contributed by atoms with van der Waals surface area (Å²) in [5.41, 5.74) is 1.11. The summed E-state index contributed by atoms with van der Waals surface area (Å²) in [6, 6.07) is 12.7. The van der Waals surface area contributed by atoms with Gasteiger partial charge in [0.1, 0.15) is 18.1 Å².